The molecule has 0 spiro atoms. The molecule has 1 atom stereocenters. The van der Waals surface area contributed by atoms with Crippen molar-refractivity contribution in [3.05, 3.63) is 11.1 Å². The van der Waals surface area contributed by atoms with Crippen molar-refractivity contribution >= 4 is 22.4 Å². The van der Waals surface area contributed by atoms with Gasteiger partial charge in [0.05, 0.1) is 19.8 Å². The Kier molecular flexibility index (Phi) is 6.07. The first kappa shape index (κ1) is 14.9. The summed E-state index contributed by atoms with van der Waals surface area (Å²) in [4.78, 5) is 15.5. The molecule has 1 aromatic rings. The number of ether oxygens (including phenoxy) is 2. The van der Waals surface area contributed by atoms with Crippen LogP contribution in [0.3, 0.4) is 0 Å². The van der Waals surface area contributed by atoms with Crippen LogP contribution in [0.2, 0.25) is 0 Å². The molecule has 0 saturated carbocycles. The summed E-state index contributed by atoms with van der Waals surface area (Å²) in [6.07, 6.45) is 0. The standard InChI is InChI=1S/C12H20N2O3S/c1-5-17-6-9(8(2)3)13-12-14-10(7-18-12)11(15)16-4/h7-9H,5-6H2,1-4H3,(H,13,14). The normalized spacial score (nSPS) is 12.5. The SMILES string of the molecule is CCOCC(Nc1nc(C(=O)OC)cs1)C(C)C. The molecule has 1 N–H and O–H groups in total. The monoisotopic (exact) mass is 272 g/mol. The summed E-state index contributed by atoms with van der Waals surface area (Å²) in [5, 5.41) is 5.69. The molecule has 0 bridgehead atoms. The van der Waals surface area contributed by atoms with Crippen LogP contribution < -0.4 is 5.32 Å². The summed E-state index contributed by atoms with van der Waals surface area (Å²) >= 11 is 1.39. The molecule has 0 aliphatic carbocycles. The van der Waals surface area contributed by atoms with E-state index in [9.17, 15) is 4.79 Å². The molecular weight excluding hydrogens is 252 g/mol. The summed E-state index contributed by atoms with van der Waals surface area (Å²) in [7, 11) is 1.35. The van der Waals surface area contributed by atoms with E-state index < -0.39 is 5.97 Å². The Bertz CT molecular complexity index is 379. The molecule has 102 valence electrons. The maximum Gasteiger partial charge on any atom is 0.357 e. The van der Waals surface area contributed by atoms with Crippen LogP contribution in [-0.2, 0) is 9.47 Å². The van der Waals surface area contributed by atoms with Gasteiger partial charge >= 0.3 is 5.97 Å². The Hall–Kier alpha value is -1.14. The molecule has 0 aliphatic rings. The van der Waals surface area contributed by atoms with Gasteiger partial charge in [-0.25, -0.2) is 9.78 Å². The number of hydrogen-bond acceptors (Lipinski definition) is 6. The van der Waals surface area contributed by atoms with E-state index in [1.807, 2.05) is 6.92 Å². The van der Waals surface area contributed by atoms with Crippen molar-refractivity contribution in [2.24, 2.45) is 5.92 Å². The van der Waals surface area contributed by atoms with E-state index in [-0.39, 0.29) is 6.04 Å². The molecule has 0 amide bonds. The highest BCUT2D eigenvalue weighted by Gasteiger charge is 2.16. The van der Waals surface area contributed by atoms with Gasteiger partial charge in [0.1, 0.15) is 0 Å². The van der Waals surface area contributed by atoms with Crippen molar-refractivity contribution in [1.82, 2.24) is 4.98 Å². The Morgan fingerprint density at radius 2 is 2.28 bits per heavy atom. The van der Waals surface area contributed by atoms with Gasteiger partial charge in [-0.05, 0) is 12.8 Å². The van der Waals surface area contributed by atoms with E-state index >= 15 is 0 Å². The molecule has 0 aromatic carbocycles. The lowest BCUT2D eigenvalue weighted by atomic mass is 10.1. The summed E-state index contributed by atoms with van der Waals surface area (Å²) < 4.78 is 10.0. The van der Waals surface area contributed by atoms with Gasteiger partial charge in [0, 0.05) is 12.0 Å². The molecule has 18 heavy (non-hydrogen) atoms. The second-order valence-electron chi connectivity index (χ2n) is 4.18. The topological polar surface area (TPSA) is 60.5 Å². The molecule has 1 aromatic heterocycles. The zero-order valence-electron chi connectivity index (χ0n) is 11.2. The predicted molar refractivity (Wildman–Crippen MR) is 72.2 cm³/mol. The third kappa shape index (κ3) is 4.27. The van der Waals surface area contributed by atoms with Crippen molar-refractivity contribution in [1.29, 1.82) is 0 Å². The minimum atomic E-state index is -0.412. The van der Waals surface area contributed by atoms with Gasteiger partial charge in [0.2, 0.25) is 0 Å². The van der Waals surface area contributed by atoms with Gasteiger partial charge < -0.3 is 14.8 Å². The summed E-state index contributed by atoms with van der Waals surface area (Å²) in [6.45, 7) is 7.52. The highest BCUT2D eigenvalue weighted by molar-refractivity contribution is 7.13. The second-order valence-corrected chi connectivity index (χ2v) is 5.04. The molecular formula is C12H20N2O3S. The molecule has 0 radical (unpaired) electrons. The van der Waals surface area contributed by atoms with Gasteiger partial charge in [0.25, 0.3) is 0 Å². The van der Waals surface area contributed by atoms with Crippen LogP contribution in [0.4, 0.5) is 5.13 Å². The first-order chi connectivity index (χ1) is 8.58. The highest BCUT2D eigenvalue weighted by atomic mass is 32.1. The second kappa shape index (κ2) is 7.33. The highest BCUT2D eigenvalue weighted by Crippen LogP contribution is 2.19. The van der Waals surface area contributed by atoms with Gasteiger partial charge in [-0.1, -0.05) is 13.8 Å². The number of aromatic nitrogens is 1. The first-order valence-electron chi connectivity index (χ1n) is 5.96. The number of esters is 1. The number of thiazole rings is 1. The zero-order valence-corrected chi connectivity index (χ0v) is 12.0. The quantitative estimate of drug-likeness (QED) is 0.772. The van der Waals surface area contributed by atoms with Crippen LogP contribution in [0.1, 0.15) is 31.3 Å². The molecule has 1 rings (SSSR count). The van der Waals surface area contributed by atoms with E-state index in [1.165, 1.54) is 18.4 Å². The third-order valence-electron chi connectivity index (χ3n) is 2.51. The zero-order chi connectivity index (χ0) is 13.5. The Morgan fingerprint density at radius 3 is 2.83 bits per heavy atom. The average molecular weight is 272 g/mol. The molecule has 0 aliphatic heterocycles. The summed E-state index contributed by atoms with van der Waals surface area (Å²) in [6, 6.07) is 0.182. The Labute approximate surface area is 112 Å². The molecule has 1 heterocycles. The van der Waals surface area contributed by atoms with Crippen molar-refractivity contribution in [2.45, 2.75) is 26.8 Å². The number of carbonyl (C=O) groups excluding carboxylic acids is 1. The Balaban J connectivity index is 2.63. The number of nitrogens with zero attached hydrogens (tertiary/aromatic N) is 1. The fraction of sp³-hybridized carbons (Fsp3) is 0.667. The molecule has 1 unspecified atom stereocenters. The van der Waals surface area contributed by atoms with Gasteiger partial charge in [-0.3, -0.25) is 0 Å². The lowest BCUT2D eigenvalue weighted by Crippen LogP contribution is -2.30. The number of carbonyl (C=O) groups is 1. The first-order valence-corrected chi connectivity index (χ1v) is 6.84. The minimum absolute atomic E-state index is 0.182. The van der Waals surface area contributed by atoms with Gasteiger partial charge in [0.15, 0.2) is 10.8 Å². The average Bonchev–Trinajstić information content (AvgIpc) is 2.81. The van der Waals surface area contributed by atoms with Crippen LogP contribution in [0.5, 0.6) is 0 Å². The van der Waals surface area contributed by atoms with E-state index in [2.05, 4.69) is 28.9 Å². The van der Waals surface area contributed by atoms with Crippen molar-refractivity contribution in [3.63, 3.8) is 0 Å². The lowest BCUT2D eigenvalue weighted by molar-refractivity contribution is 0.0595. The van der Waals surface area contributed by atoms with Gasteiger partial charge in [-0.15, -0.1) is 11.3 Å². The number of anilines is 1. The summed E-state index contributed by atoms with van der Waals surface area (Å²) in [5.74, 6) is 0.00670. The van der Waals surface area contributed by atoms with E-state index in [1.54, 1.807) is 5.38 Å². The van der Waals surface area contributed by atoms with Gasteiger partial charge in [-0.2, -0.15) is 0 Å². The van der Waals surface area contributed by atoms with E-state index in [0.717, 1.165) is 0 Å². The van der Waals surface area contributed by atoms with Crippen molar-refractivity contribution in [3.8, 4) is 0 Å². The molecule has 5 nitrogen and oxygen atoms in total. The van der Waals surface area contributed by atoms with E-state index in [0.29, 0.717) is 30.0 Å². The molecule has 0 fully saturated rings. The van der Waals surface area contributed by atoms with Crippen LogP contribution in [0.15, 0.2) is 5.38 Å². The molecule has 6 heteroatoms. The minimum Gasteiger partial charge on any atom is -0.464 e. The number of hydrogen-bond donors (Lipinski definition) is 1. The fourth-order valence-electron chi connectivity index (χ4n) is 1.34. The lowest BCUT2D eigenvalue weighted by Gasteiger charge is -2.21. The molecule has 0 saturated heterocycles. The number of rotatable bonds is 7. The van der Waals surface area contributed by atoms with Crippen molar-refractivity contribution in [2.75, 3.05) is 25.6 Å². The Morgan fingerprint density at radius 1 is 1.56 bits per heavy atom. The maximum absolute atomic E-state index is 11.3. The van der Waals surface area contributed by atoms with Crippen LogP contribution in [-0.4, -0.2) is 37.3 Å². The number of nitrogens with one attached hydrogen (secondary N) is 1. The third-order valence-corrected chi connectivity index (χ3v) is 3.29. The largest absolute Gasteiger partial charge is 0.464 e. The maximum atomic E-state index is 11.3. The van der Waals surface area contributed by atoms with E-state index in [4.69, 9.17) is 4.74 Å². The van der Waals surface area contributed by atoms with Crippen LogP contribution >= 0.6 is 11.3 Å². The predicted octanol–water partition coefficient (Wildman–Crippen LogP) is 2.40. The van der Waals surface area contributed by atoms with Crippen molar-refractivity contribution < 1.29 is 14.3 Å². The number of methoxy groups -OCH3 is 1. The smallest absolute Gasteiger partial charge is 0.357 e. The fourth-order valence-corrected chi connectivity index (χ4v) is 2.09. The van der Waals surface area contributed by atoms with Crippen LogP contribution in [0, 0.1) is 5.92 Å². The van der Waals surface area contributed by atoms with Crippen LogP contribution in [0.25, 0.3) is 0 Å². The summed E-state index contributed by atoms with van der Waals surface area (Å²) in [5.41, 5.74) is 0.337.